The molecule has 5 heteroatoms. The summed E-state index contributed by atoms with van der Waals surface area (Å²) in [6.45, 7) is 4.09. The largest absolute Gasteiger partial charge is 0.493 e. The van der Waals surface area contributed by atoms with Crippen LogP contribution in [0.1, 0.15) is 30.6 Å². The number of hydrogen-bond donors (Lipinski definition) is 1. The van der Waals surface area contributed by atoms with Crippen molar-refractivity contribution in [2.45, 2.75) is 26.4 Å². The van der Waals surface area contributed by atoms with Crippen molar-refractivity contribution in [3.8, 4) is 11.5 Å². The summed E-state index contributed by atoms with van der Waals surface area (Å²) in [5.74, 6) is 0.297. The summed E-state index contributed by atoms with van der Waals surface area (Å²) < 4.78 is 10.8. The van der Waals surface area contributed by atoms with E-state index >= 15 is 0 Å². The second-order valence-electron chi connectivity index (χ2n) is 3.83. The molecule has 2 N–H and O–H groups in total. The Bertz CT molecular complexity index is 431. The van der Waals surface area contributed by atoms with Gasteiger partial charge in [-0.2, -0.15) is 0 Å². The molecule has 5 nitrogen and oxygen atoms in total. The minimum atomic E-state index is -0.801. The Labute approximate surface area is 106 Å². The zero-order valence-corrected chi connectivity index (χ0v) is 10.5. The molecule has 98 valence electrons. The third-order valence-electron chi connectivity index (χ3n) is 2.29. The van der Waals surface area contributed by atoms with Crippen LogP contribution in [0.25, 0.3) is 0 Å². The highest BCUT2D eigenvalue weighted by Crippen LogP contribution is 2.24. The van der Waals surface area contributed by atoms with Gasteiger partial charge in [0.1, 0.15) is 11.5 Å². The smallest absolute Gasteiger partial charge is 0.258 e. The summed E-state index contributed by atoms with van der Waals surface area (Å²) in [6.07, 6.45) is 0.737. The quantitative estimate of drug-likeness (QED) is 0.745. The van der Waals surface area contributed by atoms with Gasteiger partial charge in [0, 0.05) is 6.07 Å². The number of carbonyl (C=O) groups is 2. The van der Waals surface area contributed by atoms with E-state index in [1.807, 2.05) is 6.92 Å². The van der Waals surface area contributed by atoms with Crippen LogP contribution in [0.15, 0.2) is 18.2 Å². The van der Waals surface area contributed by atoms with Crippen LogP contribution in [0.2, 0.25) is 0 Å². The monoisotopic (exact) mass is 251 g/mol. The van der Waals surface area contributed by atoms with Crippen LogP contribution >= 0.6 is 0 Å². The highest BCUT2D eigenvalue weighted by atomic mass is 16.5. The Kier molecular flexibility index (Phi) is 5.17. The molecule has 1 unspecified atom stereocenters. The molecule has 0 heterocycles. The lowest BCUT2D eigenvalue weighted by Crippen LogP contribution is -2.30. The molecule has 1 rings (SSSR count). The minimum absolute atomic E-state index is 0.296. The van der Waals surface area contributed by atoms with E-state index in [0.717, 1.165) is 6.42 Å². The van der Waals surface area contributed by atoms with Gasteiger partial charge in [0.05, 0.1) is 12.2 Å². The van der Waals surface area contributed by atoms with Crippen LogP contribution in [0.5, 0.6) is 11.5 Å². The van der Waals surface area contributed by atoms with Crippen LogP contribution in [0, 0.1) is 0 Å². The molecule has 0 spiro atoms. The predicted molar refractivity (Wildman–Crippen MR) is 66.9 cm³/mol. The van der Waals surface area contributed by atoms with Gasteiger partial charge in [-0.1, -0.05) is 6.92 Å². The molecule has 1 amide bonds. The zero-order valence-electron chi connectivity index (χ0n) is 10.5. The third kappa shape index (κ3) is 3.76. The number of nitrogens with two attached hydrogens (primary N) is 1. The molecule has 0 radical (unpaired) electrons. The summed E-state index contributed by atoms with van der Waals surface area (Å²) in [5, 5.41) is 0. The fourth-order valence-electron chi connectivity index (χ4n) is 1.27. The normalized spacial score (nSPS) is 11.7. The van der Waals surface area contributed by atoms with E-state index in [-0.39, 0.29) is 0 Å². The minimum Gasteiger partial charge on any atom is -0.493 e. The molecule has 1 aromatic rings. The van der Waals surface area contributed by atoms with E-state index in [0.29, 0.717) is 30.0 Å². The summed E-state index contributed by atoms with van der Waals surface area (Å²) in [6, 6.07) is 4.85. The van der Waals surface area contributed by atoms with Gasteiger partial charge >= 0.3 is 0 Å². The molecule has 0 aliphatic heterocycles. The van der Waals surface area contributed by atoms with Crippen molar-refractivity contribution in [2.24, 2.45) is 5.73 Å². The number of aldehydes is 1. The molecule has 0 aliphatic carbocycles. The van der Waals surface area contributed by atoms with Gasteiger partial charge in [0.25, 0.3) is 5.91 Å². The lowest BCUT2D eigenvalue weighted by atomic mass is 10.2. The van der Waals surface area contributed by atoms with Crippen LogP contribution in [-0.4, -0.2) is 24.9 Å². The number of amides is 1. The van der Waals surface area contributed by atoms with E-state index in [2.05, 4.69) is 0 Å². The Balaban J connectivity index is 2.91. The average molecular weight is 251 g/mol. The van der Waals surface area contributed by atoms with Gasteiger partial charge < -0.3 is 15.2 Å². The van der Waals surface area contributed by atoms with E-state index in [1.165, 1.54) is 6.92 Å². The maximum absolute atomic E-state index is 10.9. The van der Waals surface area contributed by atoms with Crippen molar-refractivity contribution in [1.82, 2.24) is 0 Å². The molecule has 0 saturated carbocycles. The molecule has 0 saturated heterocycles. The number of hydrogen-bond acceptors (Lipinski definition) is 4. The van der Waals surface area contributed by atoms with Crippen LogP contribution in [-0.2, 0) is 4.79 Å². The third-order valence-corrected chi connectivity index (χ3v) is 2.29. The molecule has 1 atom stereocenters. The van der Waals surface area contributed by atoms with Crippen molar-refractivity contribution < 1.29 is 19.1 Å². The second kappa shape index (κ2) is 6.64. The van der Waals surface area contributed by atoms with Gasteiger partial charge in [0.15, 0.2) is 12.4 Å². The van der Waals surface area contributed by atoms with Crippen LogP contribution < -0.4 is 15.2 Å². The molecular weight excluding hydrogens is 234 g/mol. The lowest BCUT2D eigenvalue weighted by molar-refractivity contribution is -0.124. The number of rotatable bonds is 7. The first-order chi connectivity index (χ1) is 8.58. The van der Waals surface area contributed by atoms with Crippen molar-refractivity contribution in [3.63, 3.8) is 0 Å². The molecule has 18 heavy (non-hydrogen) atoms. The number of primary amides is 1. The number of benzene rings is 1. The fraction of sp³-hybridized carbons (Fsp3) is 0.385. The topological polar surface area (TPSA) is 78.6 Å². The molecule has 0 aromatic heterocycles. The van der Waals surface area contributed by atoms with Crippen LogP contribution in [0.4, 0.5) is 0 Å². The van der Waals surface area contributed by atoms with Gasteiger partial charge in [-0.3, -0.25) is 9.59 Å². The molecule has 1 aromatic carbocycles. The van der Waals surface area contributed by atoms with Crippen molar-refractivity contribution in [2.75, 3.05) is 6.61 Å². The summed E-state index contributed by atoms with van der Waals surface area (Å²) >= 11 is 0. The zero-order chi connectivity index (χ0) is 13.5. The van der Waals surface area contributed by atoms with Gasteiger partial charge in [-0.15, -0.1) is 0 Å². The Morgan fingerprint density at radius 1 is 1.50 bits per heavy atom. The molecular formula is C13H17NO4. The maximum atomic E-state index is 10.9. The van der Waals surface area contributed by atoms with E-state index in [9.17, 15) is 9.59 Å². The highest BCUT2D eigenvalue weighted by Gasteiger charge is 2.13. The Hall–Kier alpha value is -2.04. The lowest BCUT2D eigenvalue weighted by Gasteiger charge is -2.14. The average Bonchev–Trinajstić information content (AvgIpc) is 2.36. The van der Waals surface area contributed by atoms with E-state index in [1.54, 1.807) is 18.2 Å². The molecule has 0 bridgehead atoms. The first-order valence-corrected chi connectivity index (χ1v) is 5.76. The van der Waals surface area contributed by atoms with Gasteiger partial charge in [0.2, 0.25) is 0 Å². The first-order valence-electron chi connectivity index (χ1n) is 5.76. The summed E-state index contributed by atoms with van der Waals surface area (Å²) in [7, 11) is 0. The van der Waals surface area contributed by atoms with Crippen LogP contribution in [0.3, 0.4) is 0 Å². The van der Waals surface area contributed by atoms with E-state index < -0.39 is 12.0 Å². The number of carbonyl (C=O) groups excluding carboxylic acids is 2. The van der Waals surface area contributed by atoms with Crippen molar-refractivity contribution in [3.05, 3.63) is 23.8 Å². The standard InChI is InChI=1S/C13H17NO4/c1-3-6-17-11-5-4-10(8-15)12(7-11)18-9(2)13(14)16/h4-5,7-9H,3,6H2,1-2H3,(H2,14,16). The number of ether oxygens (including phenoxy) is 2. The first kappa shape index (κ1) is 14.0. The van der Waals surface area contributed by atoms with Crippen molar-refractivity contribution in [1.29, 1.82) is 0 Å². The fourth-order valence-corrected chi connectivity index (χ4v) is 1.27. The summed E-state index contributed by atoms with van der Waals surface area (Å²) in [5.41, 5.74) is 5.46. The Morgan fingerprint density at radius 3 is 2.78 bits per heavy atom. The highest BCUT2D eigenvalue weighted by molar-refractivity contribution is 5.81. The maximum Gasteiger partial charge on any atom is 0.258 e. The van der Waals surface area contributed by atoms with E-state index in [4.69, 9.17) is 15.2 Å². The molecule has 0 fully saturated rings. The predicted octanol–water partition coefficient (Wildman–Crippen LogP) is 1.54. The van der Waals surface area contributed by atoms with Crippen molar-refractivity contribution >= 4 is 12.2 Å². The Morgan fingerprint density at radius 2 is 2.22 bits per heavy atom. The molecule has 0 aliphatic rings. The van der Waals surface area contributed by atoms with Gasteiger partial charge in [-0.25, -0.2) is 0 Å². The SMILES string of the molecule is CCCOc1ccc(C=O)c(OC(C)C(N)=O)c1. The summed E-state index contributed by atoms with van der Waals surface area (Å²) in [4.78, 5) is 21.8. The van der Waals surface area contributed by atoms with Gasteiger partial charge in [-0.05, 0) is 25.5 Å². The second-order valence-corrected chi connectivity index (χ2v) is 3.83.